The molecule has 1 heterocycles. The number of carbonyl (C=O) groups is 2. The van der Waals surface area contributed by atoms with Gasteiger partial charge in [-0.15, -0.1) is 0 Å². The fraction of sp³-hybridized carbons (Fsp3) is 0.500. The van der Waals surface area contributed by atoms with Crippen LogP contribution in [0.3, 0.4) is 0 Å². The van der Waals surface area contributed by atoms with E-state index >= 15 is 0 Å². The molecule has 22 heavy (non-hydrogen) atoms. The van der Waals surface area contributed by atoms with Crippen molar-refractivity contribution in [1.29, 1.82) is 0 Å². The molecule has 1 fully saturated rings. The van der Waals surface area contributed by atoms with E-state index in [9.17, 15) is 9.59 Å². The fourth-order valence-corrected chi connectivity index (χ4v) is 2.15. The molecule has 1 aromatic rings. The average molecular weight is 308 g/mol. The molecule has 0 aromatic heterocycles. The molecule has 1 aliphatic rings. The van der Waals surface area contributed by atoms with E-state index < -0.39 is 12.6 Å². The lowest BCUT2D eigenvalue weighted by Crippen LogP contribution is -2.14. The number of hydrogen-bond acceptors (Lipinski definition) is 5. The van der Waals surface area contributed by atoms with Crippen LogP contribution < -0.4 is 9.47 Å². The minimum absolute atomic E-state index is 0.0675. The van der Waals surface area contributed by atoms with Gasteiger partial charge in [-0.2, -0.15) is 0 Å². The predicted molar refractivity (Wildman–Crippen MR) is 78.8 cm³/mol. The highest BCUT2D eigenvalue weighted by molar-refractivity contribution is 5.97. The van der Waals surface area contributed by atoms with Crippen LogP contribution in [0.5, 0.6) is 11.5 Å². The fourth-order valence-electron chi connectivity index (χ4n) is 2.15. The molecule has 1 aliphatic heterocycles. The molecule has 1 N–H and O–H groups in total. The summed E-state index contributed by atoms with van der Waals surface area (Å²) >= 11 is 0. The van der Waals surface area contributed by atoms with Crippen LogP contribution in [-0.4, -0.2) is 42.8 Å². The van der Waals surface area contributed by atoms with E-state index in [0.29, 0.717) is 36.7 Å². The van der Waals surface area contributed by atoms with E-state index in [1.807, 2.05) is 6.92 Å². The monoisotopic (exact) mass is 308 g/mol. The lowest BCUT2D eigenvalue weighted by molar-refractivity contribution is -0.139. The molecule has 0 bridgehead atoms. The molecule has 1 unspecified atom stereocenters. The normalized spacial score (nSPS) is 16.2. The van der Waals surface area contributed by atoms with Crippen molar-refractivity contribution in [2.24, 2.45) is 0 Å². The molecular formula is C16H20O6. The van der Waals surface area contributed by atoms with Crippen molar-refractivity contribution >= 4 is 11.8 Å². The summed E-state index contributed by atoms with van der Waals surface area (Å²) < 4.78 is 16.2. The highest BCUT2D eigenvalue weighted by atomic mass is 16.6. The number of epoxide rings is 1. The van der Waals surface area contributed by atoms with Crippen molar-refractivity contribution in [3.05, 3.63) is 23.3 Å². The first kappa shape index (κ1) is 16.3. The van der Waals surface area contributed by atoms with Crippen LogP contribution in [0.2, 0.25) is 0 Å². The van der Waals surface area contributed by atoms with Gasteiger partial charge in [0.2, 0.25) is 0 Å². The lowest BCUT2D eigenvalue weighted by atomic mass is 10.0. The van der Waals surface area contributed by atoms with Gasteiger partial charge in [0.25, 0.3) is 0 Å². The lowest BCUT2D eigenvalue weighted by Gasteiger charge is -2.17. The van der Waals surface area contributed by atoms with Gasteiger partial charge in [-0.25, -0.2) is 4.79 Å². The largest absolute Gasteiger partial charge is 0.490 e. The summed E-state index contributed by atoms with van der Waals surface area (Å²) in [5, 5.41) is 8.77. The Morgan fingerprint density at radius 2 is 2.09 bits per heavy atom. The SMILES string of the molecule is CCCc1c(OCC(=O)O)ccc(C(C)=O)c1OCC1CO1. The zero-order valence-electron chi connectivity index (χ0n) is 12.8. The minimum atomic E-state index is -1.05. The van der Waals surface area contributed by atoms with E-state index in [1.54, 1.807) is 12.1 Å². The summed E-state index contributed by atoms with van der Waals surface area (Å²) in [6.07, 6.45) is 1.52. The van der Waals surface area contributed by atoms with Crippen LogP contribution in [0.25, 0.3) is 0 Å². The Labute approximate surface area is 129 Å². The summed E-state index contributed by atoms with van der Waals surface area (Å²) in [6, 6.07) is 3.24. The maximum absolute atomic E-state index is 11.8. The number of carbonyl (C=O) groups excluding carboxylic acids is 1. The molecule has 1 atom stereocenters. The van der Waals surface area contributed by atoms with Crippen molar-refractivity contribution in [3.8, 4) is 11.5 Å². The zero-order valence-corrected chi connectivity index (χ0v) is 12.8. The Kier molecular flexibility index (Phi) is 5.38. The van der Waals surface area contributed by atoms with Crippen LogP contribution >= 0.6 is 0 Å². The molecule has 1 saturated heterocycles. The molecule has 0 aliphatic carbocycles. The molecule has 6 nitrogen and oxygen atoms in total. The molecule has 6 heteroatoms. The molecule has 0 saturated carbocycles. The number of rotatable bonds is 9. The van der Waals surface area contributed by atoms with E-state index in [2.05, 4.69) is 0 Å². The van der Waals surface area contributed by atoms with E-state index in [4.69, 9.17) is 19.3 Å². The molecule has 0 spiro atoms. The van der Waals surface area contributed by atoms with E-state index in [0.717, 1.165) is 12.0 Å². The minimum Gasteiger partial charge on any atom is -0.490 e. The first-order valence-corrected chi connectivity index (χ1v) is 7.28. The van der Waals surface area contributed by atoms with Crippen LogP contribution in [0.15, 0.2) is 12.1 Å². The Hall–Kier alpha value is -2.08. The highest BCUT2D eigenvalue weighted by Crippen LogP contribution is 2.34. The van der Waals surface area contributed by atoms with Gasteiger partial charge in [0.1, 0.15) is 24.2 Å². The maximum Gasteiger partial charge on any atom is 0.341 e. The van der Waals surface area contributed by atoms with Gasteiger partial charge >= 0.3 is 5.97 Å². The first-order chi connectivity index (χ1) is 10.5. The quantitative estimate of drug-likeness (QED) is 0.555. The van der Waals surface area contributed by atoms with Gasteiger partial charge in [-0.05, 0) is 25.5 Å². The zero-order chi connectivity index (χ0) is 16.1. The van der Waals surface area contributed by atoms with Crippen molar-refractivity contribution < 1.29 is 28.9 Å². The molecule has 1 aromatic carbocycles. The number of benzene rings is 1. The summed E-state index contributed by atoms with van der Waals surface area (Å²) in [6.45, 7) is 4.08. The summed E-state index contributed by atoms with van der Waals surface area (Å²) in [5.41, 5.74) is 1.21. The highest BCUT2D eigenvalue weighted by Gasteiger charge is 2.25. The maximum atomic E-state index is 11.8. The Morgan fingerprint density at radius 1 is 1.36 bits per heavy atom. The van der Waals surface area contributed by atoms with Crippen LogP contribution in [0.4, 0.5) is 0 Å². The predicted octanol–water partition coefficient (Wildman–Crippen LogP) is 2.08. The van der Waals surface area contributed by atoms with Gasteiger partial charge in [0.05, 0.1) is 12.2 Å². The second-order valence-corrected chi connectivity index (χ2v) is 5.17. The number of hydrogen-bond donors (Lipinski definition) is 1. The van der Waals surface area contributed by atoms with Crippen molar-refractivity contribution in [2.75, 3.05) is 19.8 Å². The van der Waals surface area contributed by atoms with Crippen molar-refractivity contribution in [3.63, 3.8) is 0 Å². The first-order valence-electron chi connectivity index (χ1n) is 7.28. The number of Topliss-reactive ketones (excluding diaryl/α,β-unsaturated/α-hetero) is 1. The summed E-state index contributed by atoms with van der Waals surface area (Å²) in [7, 11) is 0. The van der Waals surface area contributed by atoms with Gasteiger partial charge in [-0.3, -0.25) is 4.79 Å². The number of carboxylic acids is 1. The summed E-state index contributed by atoms with van der Waals surface area (Å²) in [5.74, 6) is -0.227. The van der Waals surface area contributed by atoms with Crippen molar-refractivity contribution in [2.45, 2.75) is 32.8 Å². The van der Waals surface area contributed by atoms with Crippen LogP contribution in [-0.2, 0) is 16.0 Å². The number of aliphatic carboxylic acids is 1. The molecule has 0 radical (unpaired) electrons. The number of ether oxygens (including phenoxy) is 3. The van der Waals surface area contributed by atoms with Gasteiger partial charge in [-0.1, -0.05) is 13.3 Å². The molecule has 2 rings (SSSR count). The topological polar surface area (TPSA) is 85.4 Å². The third-order valence-corrected chi connectivity index (χ3v) is 3.26. The Bertz CT molecular complexity index is 562. The van der Waals surface area contributed by atoms with Crippen molar-refractivity contribution in [1.82, 2.24) is 0 Å². The average Bonchev–Trinajstić information content (AvgIpc) is 3.28. The smallest absolute Gasteiger partial charge is 0.341 e. The van der Waals surface area contributed by atoms with E-state index in [1.165, 1.54) is 6.92 Å². The van der Waals surface area contributed by atoms with Crippen LogP contribution in [0.1, 0.15) is 36.2 Å². The van der Waals surface area contributed by atoms with Gasteiger partial charge < -0.3 is 19.3 Å². The number of ketones is 1. The standard InChI is InChI=1S/C16H20O6/c1-3-4-13-14(21-9-15(18)19)6-5-12(10(2)17)16(13)22-8-11-7-20-11/h5-6,11H,3-4,7-9H2,1-2H3,(H,18,19). The summed E-state index contributed by atoms with van der Waals surface area (Å²) in [4.78, 5) is 22.5. The Balaban J connectivity index is 2.33. The second-order valence-electron chi connectivity index (χ2n) is 5.17. The van der Waals surface area contributed by atoms with Gasteiger partial charge in [0, 0.05) is 5.56 Å². The molecule has 0 amide bonds. The van der Waals surface area contributed by atoms with Crippen LogP contribution in [0, 0.1) is 0 Å². The number of carboxylic acid groups (broad SMARTS) is 1. The Morgan fingerprint density at radius 3 is 2.64 bits per heavy atom. The third-order valence-electron chi connectivity index (χ3n) is 3.26. The van der Waals surface area contributed by atoms with Gasteiger partial charge in [0.15, 0.2) is 12.4 Å². The third kappa shape index (κ3) is 4.21. The van der Waals surface area contributed by atoms with E-state index in [-0.39, 0.29) is 11.9 Å². The second kappa shape index (κ2) is 7.26. The molecular weight excluding hydrogens is 288 g/mol. The molecule has 120 valence electrons.